The van der Waals surface area contributed by atoms with E-state index >= 15 is 0 Å². The van der Waals surface area contributed by atoms with Gasteiger partial charge in [-0.3, -0.25) is 0 Å². The van der Waals surface area contributed by atoms with Crippen molar-refractivity contribution in [2.75, 3.05) is 13.1 Å². The summed E-state index contributed by atoms with van der Waals surface area (Å²) in [4.78, 5) is 2.64. The van der Waals surface area contributed by atoms with Crippen molar-refractivity contribution in [2.45, 2.75) is 64.0 Å². The molecule has 1 saturated carbocycles. The molecule has 88 valence electrons. The van der Waals surface area contributed by atoms with Crippen LogP contribution in [0, 0.1) is 5.92 Å². The normalized spacial score (nSPS) is 38.4. The molecule has 2 rings (SSSR count). The smallest absolute Gasteiger partial charge is 0.0583 e. The first kappa shape index (κ1) is 11.4. The van der Waals surface area contributed by atoms with E-state index in [1.54, 1.807) is 0 Å². The van der Waals surface area contributed by atoms with Gasteiger partial charge >= 0.3 is 0 Å². The van der Waals surface area contributed by atoms with Crippen molar-refractivity contribution >= 4 is 0 Å². The number of nitrogens with zero attached hydrogens (tertiary/aromatic N) is 1. The number of hydrogen-bond donors (Lipinski definition) is 1. The van der Waals surface area contributed by atoms with E-state index in [2.05, 4.69) is 11.8 Å². The predicted octanol–water partition coefficient (Wildman–Crippen LogP) is 2.41. The molecule has 2 aliphatic rings. The van der Waals surface area contributed by atoms with Gasteiger partial charge in [-0.05, 0) is 45.2 Å². The summed E-state index contributed by atoms with van der Waals surface area (Å²) < 4.78 is 0. The van der Waals surface area contributed by atoms with Gasteiger partial charge in [0.15, 0.2) is 0 Å². The van der Waals surface area contributed by atoms with Crippen LogP contribution in [0.15, 0.2) is 0 Å². The van der Waals surface area contributed by atoms with Crippen molar-refractivity contribution in [1.82, 2.24) is 4.90 Å². The van der Waals surface area contributed by atoms with Crippen LogP contribution in [0.4, 0.5) is 0 Å². The Balaban J connectivity index is 1.97. The Morgan fingerprint density at radius 1 is 1.13 bits per heavy atom. The maximum absolute atomic E-state index is 10.0. The van der Waals surface area contributed by atoms with Gasteiger partial charge in [0.2, 0.25) is 0 Å². The molecule has 1 aliphatic heterocycles. The van der Waals surface area contributed by atoms with Crippen LogP contribution in [0.1, 0.15) is 51.9 Å². The van der Waals surface area contributed by atoms with E-state index < -0.39 is 0 Å². The van der Waals surface area contributed by atoms with E-state index in [1.165, 1.54) is 51.6 Å². The van der Waals surface area contributed by atoms with Gasteiger partial charge in [0.1, 0.15) is 0 Å². The first-order valence-corrected chi connectivity index (χ1v) is 6.75. The summed E-state index contributed by atoms with van der Waals surface area (Å²) in [5.74, 6) is 0.580. The van der Waals surface area contributed by atoms with Crippen LogP contribution in [0.2, 0.25) is 0 Å². The standard InChI is InChI=1S/C13H25NO/c1-2-9-14-10-4-3-7-12(14)11-6-5-8-13(11)15/h11-13,15H,2-10H2,1H3. The van der Waals surface area contributed by atoms with Gasteiger partial charge in [0, 0.05) is 12.0 Å². The van der Waals surface area contributed by atoms with Crippen molar-refractivity contribution in [1.29, 1.82) is 0 Å². The van der Waals surface area contributed by atoms with Gasteiger partial charge in [-0.25, -0.2) is 0 Å². The molecule has 0 aromatic carbocycles. The second kappa shape index (κ2) is 5.31. The van der Waals surface area contributed by atoms with E-state index in [4.69, 9.17) is 0 Å². The molecule has 1 saturated heterocycles. The molecule has 15 heavy (non-hydrogen) atoms. The Kier molecular flexibility index (Phi) is 4.04. The first-order chi connectivity index (χ1) is 7.33. The molecule has 0 spiro atoms. The Bertz CT molecular complexity index is 193. The summed E-state index contributed by atoms with van der Waals surface area (Å²) in [6.45, 7) is 4.76. The fourth-order valence-electron chi connectivity index (χ4n) is 3.48. The fourth-order valence-corrected chi connectivity index (χ4v) is 3.48. The lowest BCUT2D eigenvalue weighted by molar-refractivity contribution is 0.0356. The molecule has 0 bridgehead atoms. The number of piperidine rings is 1. The van der Waals surface area contributed by atoms with Crippen LogP contribution in [-0.4, -0.2) is 35.2 Å². The zero-order valence-corrected chi connectivity index (χ0v) is 9.99. The second-order valence-corrected chi connectivity index (χ2v) is 5.26. The lowest BCUT2D eigenvalue weighted by Gasteiger charge is -2.40. The average molecular weight is 211 g/mol. The minimum absolute atomic E-state index is 0.00699. The minimum Gasteiger partial charge on any atom is -0.393 e. The average Bonchev–Trinajstić information content (AvgIpc) is 2.66. The fraction of sp³-hybridized carbons (Fsp3) is 1.00. The van der Waals surface area contributed by atoms with Gasteiger partial charge in [0.05, 0.1) is 6.10 Å². The molecule has 1 heterocycles. The summed E-state index contributed by atoms with van der Waals surface area (Å²) >= 11 is 0. The van der Waals surface area contributed by atoms with Gasteiger partial charge in [-0.1, -0.05) is 19.8 Å². The Labute approximate surface area is 93.7 Å². The molecule has 0 amide bonds. The number of hydrogen-bond acceptors (Lipinski definition) is 2. The Morgan fingerprint density at radius 2 is 2.00 bits per heavy atom. The number of likely N-dealkylation sites (tertiary alicyclic amines) is 1. The second-order valence-electron chi connectivity index (χ2n) is 5.26. The largest absolute Gasteiger partial charge is 0.393 e. The highest BCUT2D eigenvalue weighted by atomic mass is 16.3. The highest BCUT2D eigenvalue weighted by molar-refractivity contribution is 4.90. The van der Waals surface area contributed by atoms with Crippen LogP contribution in [0.25, 0.3) is 0 Å². The topological polar surface area (TPSA) is 23.5 Å². The van der Waals surface area contributed by atoms with Crippen molar-refractivity contribution < 1.29 is 5.11 Å². The quantitative estimate of drug-likeness (QED) is 0.775. The molecular weight excluding hydrogens is 186 g/mol. The van der Waals surface area contributed by atoms with Crippen molar-refractivity contribution in [2.24, 2.45) is 5.92 Å². The van der Waals surface area contributed by atoms with Crippen molar-refractivity contribution in [3.63, 3.8) is 0 Å². The van der Waals surface area contributed by atoms with Gasteiger partial charge < -0.3 is 10.0 Å². The lowest BCUT2D eigenvalue weighted by Crippen LogP contribution is -2.46. The van der Waals surface area contributed by atoms with E-state index in [0.717, 1.165) is 6.42 Å². The molecular formula is C13H25NO. The molecule has 3 atom stereocenters. The predicted molar refractivity (Wildman–Crippen MR) is 62.9 cm³/mol. The van der Waals surface area contributed by atoms with Crippen molar-refractivity contribution in [3.8, 4) is 0 Å². The zero-order chi connectivity index (χ0) is 10.7. The number of aliphatic hydroxyl groups excluding tert-OH is 1. The summed E-state index contributed by atoms with van der Waals surface area (Å²) in [5.41, 5.74) is 0. The molecule has 2 fully saturated rings. The van der Waals surface area contributed by atoms with Gasteiger partial charge in [-0.2, -0.15) is 0 Å². The summed E-state index contributed by atoms with van der Waals surface area (Å²) in [6.07, 6.45) is 8.83. The third-order valence-electron chi connectivity index (χ3n) is 4.20. The van der Waals surface area contributed by atoms with Crippen LogP contribution >= 0.6 is 0 Å². The molecule has 2 nitrogen and oxygen atoms in total. The van der Waals surface area contributed by atoms with Crippen LogP contribution in [-0.2, 0) is 0 Å². The van der Waals surface area contributed by atoms with Crippen molar-refractivity contribution in [3.05, 3.63) is 0 Å². The van der Waals surface area contributed by atoms with Crippen LogP contribution < -0.4 is 0 Å². The molecule has 1 aliphatic carbocycles. The van der Waals surface area contributed by atoms with Gasteiger partial charge in [0.25, 0.3) is 0 Å². The van der Waals surface area contributed by atoms with Crippen LogP contribution in [0.5, 0.6) is 0 Å². The Morgan fingerprint density at radius 3 is 2.67 bits per heavy atom. The SMILES string of the molecule is CCCN1CCCCC1C1CCCC1O. The summed E-state index contributed by atoms with van der Waals surface area (Å²) in [7, 11) is 0. The third-order valence-corrected chi connectivity index (χ3v) is 4.20. The van der Waals surface area contributed by atoms with Crippen LogP contribution in [0.3, 0.4) is 0 Å². The zero-order valence-electron chi connectivity index (χ0n) is 9.99. The monoisotopic (exact) mass is 211 g/mol. The van der Waals surface area contributed by atoms with E-state index in [9.17, 15) is 5.11 Å². The molecule has 3 unspecified atom stereocenters. The molecule has 1 N–H and O–H groups in total. The lowest BCUT2D eigenvalue weighted by atomic mass is 9.87. The minimum atomic E-state index is -0.00699. The molecule has 0 aromatic rings. The first-order valence-electron chi connectivity index (χ1n) is 6.75. The van der Waals surface area contributed by atoms with E-state index in [0.29, 0.717) is 12.0 Å². The highest BCUT2D eigenvalue weighted by Gasteiger charge is 2.36. The highest BCUT2D eigenvalue weighted by Crippen LogP contribution is 2.35. The Hall–Kier alpha value is -0.0800. The molecule has 2 heteroatoms. The third kappa shape index (κ3) is 2.54. The number of rotatable bonds is 3. The molecule has 0 radical (unpaired) electrons. The number of aliphatic hydroxyl groups is 1. The van der Waals surface area contributed by atoms with E-state index in [1.807, 2.05) is 0 Å². The maximum Gasteiger partial charge on any atom is 0.0583 e. The maximum atomic E-state index is 10.0. The van der Waals surface area contributed by atoms with Gasteiger partial charge in [-0.15, -0.1) is 0 Å². The summed E-state index contributed by atoms with van der Waals surface area (Å²) in [5, 5.41) is 10.0. The summed E-state index contributed by atoms with van der Waals surface area (Å²) in [6, 6.07) is 0.691. The van der Waals surface area contributed by atoms with E-state index in [-0.39, 0.29) is 6.10 Å². The molecule has 0 aromatic heterocycles.